The van der Waals surface area contributed by atoms with Crippen LogP contribution in [0.2, 0.25) is 0 Å². The monoisotopic (exact) mass is 719 g/mol. The molecule has 9 nitrogen and oxygen atoms in total. The first-order chi connectivity index (χ1) is 24.5. The number of nitrogens with zero attached hydrogens (tertiary/aromatic N) is 3. The molecule has 6 aromatic rings. The van der Waals surface area contributed by atoms with E-state index in [2.05, 4.69) is 6.58 Å². The molecule has 0 amide bonds. The average molecular weight is 720 g/mol. The first-order valence-electron chi connectivity index (χ1n) is 15.6. The molecule has 250 valence electrons. The second-order valence-electron chi connectivity index (χ2n) is 10.6. The van der Waals surface area contributed by atoms with E-state index >= 15 is 0 Å². The summed E-state index contributed by atoms with van der Waals surface area (Å²) in [6.45, 7) is 3.88. The predicted molar refractivity (Wildman–Crippen MR) is 201 cm³/mol. The van der Waals surface area contributed by atoms with Crippen molar-refractivity contribution in [1.29, 1.82) is 0 Å². The minimum atomic E-state index is -3.92. The van der Waals surface area contributed by atoms with Crippen LogP contribution in [0.3, 0.4) is 0 Å². The fourth-order valence-corrected chi connectivity index (χ4v) is 13.7. The van der Waals surface area contributed by atoms with Gasteiger partial charge in [0.2, 0.25) is 0 Å². The molecule has 0 bridgehead atoms. The third-order valence-corrected chi connectivity index (χ3v) is 15.0. The molecule has 7 rings (SSSR count). The van der Waals surface area contributed by atoms with Gasteiger partial charge < -0.3 is 27.1 Å². The van der Waals surface area contributed by atoms with E-state index in [1.54, 1.807) is 78.9 Å². The zero-order valence-corrected chi connectivity index (χ0v) is 29.3. The van der Waals surface area contributed by atoms with Crippen LogP contribution in [0.4, 0.5) is 0 Å². The van der Waals surface area contributed by atoms with Crippen LogP contribution in [0.25, 0.3) is 6.08 Å². The van der Waals surface area contributed by atoms with E-state index in [1.165, 1.54) is 0 Å². The van der Waals surface area contributed by atoms with Crippen LogP contribution in [-0.4, -0.2) is 0 Å². The molecule has 12 heteroatoms. The lowest BCUT2D eigenvalue weighted by atomic mass is 10.2. The molecule has 1 atom stereocenters. The first kappa shape index (κ1) is 33.1. The fourth-order valence-electron chi connectivity index (χ4n) is 4.65. The number of benzene rings is 6. The molecule has 0 radical (unpaired) electrons. The first-order valence-corrected chi connectivity index (χ1v) is 20.2. The highest BCUT2D eigenvalue weighted by molar-refractivity contribution is 7.79. The van der Waals surface area contributed by atoms with Crippen molar-refractivity contribution in [3.05, 3.63) is 188 Å². The Hall–Kier alpha value is -5.45. The standard InChI is InChI=1S/C38H32N3O6P3/c1-2-32-28-30-38(31-29-32)47-50(46-37-26-16-7-17-27-37)40-48(42-33-18-8-3-9-19-33,43-34-20-10-4-11-21-34)39-49(41-50,44-35-22-12-5-13-23-35)45-36-24-14-6-15-25-36/h2-31H,1H2. The zero-order chi connectivity index (χ0) is 34.1. The Morgan fingerprint density at radius 1 is 0.320 bits per heavy atom. The highest BCUT2D eigenvalue weighted by Gasteiger charge is 2.48. The molecule has 50 heavy (non-hydrogen) atoms. The molecule has 0 aliphatic carbocycles. The van der Waals surface area contributed by atoms with E-state index in [1.807, 2.05) is 103 Å². The van der Waals surface area contributed by atoms with Crippen LogP contribution in [0, 0.1) is 0 Å². The zero-order valence-electron chi connectivity index (χ0n) is 26.7. The number of hydrogen-bond donors (Lipinski definition) is 0. The summed E-state index contributed by atoms with van der Waals surface area (Å²) in [5.41, 5.74) is 0.907. The Morgan fingerprint density at radius 3 is 0.760 bits per heavy atom. The number of rotatable bonds is 13. The van der Waals surface area contributed by atoms with Crippen LogP contribution in [0.1, 0.15) is 5.56 Å². The lowest BCUT2D eigenvalue weighted by molar-refractivity contribution is 0.443. The maximum Gasteiger partial charge on any atom is 0.460 e. The summed E-state index contributed by atoms with van der Waals surface area (Å²) >= 11 is 0. The molecular weight excluding hydrogens is 687 g/mol. The second-order valence-corrected chi connectivity index (χ2v) is 16.8. The van der Waals surface area contributed by atoms with E-state index in [4.69, 9.17) is 40.7 Å². The summed E-state index contributed by atoms with van der Waals surface area (Å²) in [7, 11) is -11.7. The van der Waals surface area contributed by atoms with Crippen molar-refractivity contribution in [2.24, 2.45) is 13.5 Å². The molecule has 0 saturated carbocycles. The van der Waals surface area contributed by atoms with Gasteiger partial charge in [0.1, 0.15) is 34.5 Å². The van der Waals surface area contributed by atoms with Crippen molar-refractivity contribution < 1.29 is 27.1 Å². The molecule has 0 saturated heterocycles. The van der Waals surface area contributed by atoms with Crippen LogP contribution in [-0.2, 0) is 0 Å². The van der Waals surface area contributed by atoms with E-state index in [-0.39, 0.29) is 0 Å². The minimum absolute atomic E-state index is 0.435. The summed E-state index contributed by atoms with van der Waals surface area (Å²) in [5, 5.41) is 0. The summed E-state index contributed by atoms with van der Waals surface area (Å²) in [6, 6.07) is 53.4. The van der Waals surface area contributed by atoms with Gasteiger partial charge in [0.05, 0.1) is 0 Å². The molecule has 6 aromatic carbocycles. The highest BCUT2D eigenvalue weighted by atomic mass is 31.3. The Bertz CT molecular complexity index is 2030. The molecule has 1 unspecified atom stereocenters. The minimum Gasteiger partial charge on any atom is -0.413 e. The summed E-state index contributed by atoms with van der Waals surface area (Å²) in [4.78, 5) is 0. The van der Waals surface area contributed by atoms with Crippen LogP contribution >= 0.6 is 23.0 Å². The van der Waals surface area contributed by atoms with Crippen molar-refractivity contribution in [2.45, 2.75) is 0 Å². The third-order valence-electron chi connectivity index (χ3n) is 6.86. The van der Waals surface area contributed by atoms with E-state index in [9.17, 15) is 0 Å². The van der Waals surface area contributed by atoms with Crippen molar-refractivity contribution in [3.8, 4) is 34.5 Å². The van der Waals surface area contributed by atoms with E-state index in [0.717, 1.165) is 5.56 Å². The average Bonchev–Trinajstić information content (AvgIpc) is 3.13. The van der Waals surface area contributed by atoms with Crippen molar-refractivity contribution >= 4 is 29.1 Å². The van der Waals surface area contributed by atoms with Crippen LogP contribution < -0.4 is 27.1 Å². The fraction of sp³-hybridized carbons (Fsp3) is 0. The van der Waals surface area contributed by atoms with Gasteiger partial charge in [0, 0.05) is 0 Å². The molecule has 1 heterocycles. The number of hydrogen-bond acceptors (Lipinski definition) is 9. The van der Waals surface area contributed by atoms with Gasteiger partial charge in [0.15, 0.2) is 0 Å². The van der Waals surface area contributed by atoms with E-state index < -0.39 is 23.0 Å². The summed E-state index contributed by atoms with van der Waals surface area (Å²) < 4.78 is 56.2. The Balaban J connectivity index is 1.55. The van der Waals surface area contributed by atoms with Crippen LogP contribution in [0.15, 0.2) is 196 Å². The van der Waals surface area contributed by atoms with Gasteiger partial charge in [-0.15, -0.1) is 0 Å². The topological polar surface area (TPSA) is 92.5 Å². The Kier molecular flexibility index (Phi) is 9.91. The normalized spacial score (nSPS) is 17.0. The molecule has 0 spiro atoms. The molecule has 1 aliphatic rings. The van der Waals surface area contributed by atoms with Crippen molar-refractivity contribution in [3.63, 3.8) is 0 Å². The molecule has 0 fully saturated rings. The van der Waals surface area contributed by atoms with Gasteiger partial charge in [-0.25, -0.2) is 0 Å². The Labute approximate surface area is 291 Å². The quantitative estimate of drug-likeness (QED) is 0.110. The predicted octanol–water partition coefficient (Wildman–Crippen LogP) is 13.0. The highest BCUT2D eigenvalue weighted by Crippen LogP contribution is 2.78. The van der Waals surface area contributed by atoms with Gasteiger partial charge >= 0.3 is 23.0 Å². The maximum absolute atomic E-state index is 6.80. The molecule has 0 aromatic heterocycles. The lowest BCUT2D eigenvalue weighted by Gasteiger charge is -2.33. The van der Waals surface area contributed by atoms with Crippen molar-refractivity contribution in [1.82, 2.24) is 0 Å². The molecule has 1 aliphatic heterocycles. The maximum atomic E-state index is 6.80. The van der Waals surface area contributed by atoms with Gasteiger partial charge in [-0.2, -0.15) is 0 Å². The van der Waals surface area contributed by atoms with Gasteiger partial charge in [-0.3, -0.25) is 0 Å². The molecule has 0 N–H and O–H groups in total. The second kappa shape index (κ2) is 15.0. The van der Waals surface area contributed by atoms with E-state index in [0.29, 0.717) is 34.5 Å². The number of para-hydroxylation sites is 5. The summed E-state index contributed by atoms with van der Waals surface area (Å²) in [6.07, 6.45) is 1.75. The smallest absolute Gasteiger partial charge is 0.413 e. The lowest BCUT2D eigenvalue weighted by Crippen LogP contribution is -2.11. The Morgan fingerprint density at radius 2 is 0.540 bits per heavy atom. The third kappa shape index (κ3) is 8.22. The van der Waals surface area contributed by atoms with Gasteiger partial charge in [-0.1, -0.05) is 129 Å². The van der Waals surface area contributed by atoms with Crippen molar-refractivity contribution in [2.75, 3.05) is 0 Å². The van der Waals surface area contributed by atoms with Gasteiger partial charge in [0.25, 0.3) is 0 Å². The SMILES string of the molecule is C=Cc1ccc(OP2(Oc3ccccc3)=NP(Oc3ccccc3)(Oc3ccccc3)=NP(Oc3ccccc3)(Oc3ccccc3)=N2)cc1. The van der Waals surface area contributed by atoms with Gasteiger partial charge in [-0.05, 0) is 78.4 Å². The largest absolute Gasteiger partial charge is 0.460 e. The van der Waals surface area contributed by atoms with Crippen LogP contribution in [0.5, 0.6) is 34.5 Å². The summed E-state index contributed by atoms with van der Waals surface area (Å²) in [5.74, 6) is 2.71. The molecular formula is C38H32N3O6P3.